The topological polar surface area (TPSA) is 111 Å². The average molecular weight is 1040 g/mol. The lowest BCUT2D eigenvalue weighted by Gasteiger charge is -2.27. The predicted molar refractivity (Wildman–Crippen MR) is 309 cm³/mol. The van der Waals surface area contributed by atoms with Crippen LogP contribution in [0.1, 0.15) is 297 Å². The van der Waals surface area contributed by atoms with E-state index in [9.17, 15) is 19.0 Å². The van der Waals surface area contributed by atoms with Gasteiger partial charge in [0.1, 0.15) is 19.3 Å². The fourth-order valence-corrected chi connectivity index (χ4v) is 9.72. The number of nitrogens with zero attached hydrogens (tertiary/aromatic N) is 1. The summed E-state index contributed by atoms with van der Waals surface area (Å²) in [4.78, 5) is 37.6. The third kappa shape index (κ3) is 53.1. The number of phosphoric acid groups is 1. The standard InChI is InChI=1S/C62H119N2O7P/c1-7-10-13-16-19-22-25-28-29-30-31-32-33-34-35-37-40-43-46-49-52-55-62(66)71-60(53-50-47-44-41-38-27-24-21-18-15-12-9-3)59(58-70-72(67,68)69-57-56-64(4,5)6)63-61(65)54-51-48-45-42-39-36-26-23-20-17-14-11-8-2/h28-29,36,39,50,53,59-60H,7-27,30-35,37-38,40-49,51-52,54-58H2,1-6H3,(H-,63,65,67,68)/p+1/b29-28+,39-36-,53-50-. The summed E-state index contributed by atoms with van der Waals surface area (Å²) in [6.07, 6.45) is 62.9. The van der Waals surface area contributed by atoms with Gasteiger partial charge in [-0.2, -0.15) is 0 Å². The minimum atomic E-state index is -4.45. The molecule has 0 aliphatic rings. The molecular weight excluding hydrogens is 916 g/mol. The number of ether oxygens (including phenoxy) is 1. The van der Waals surface area contributed by atoms with E-state index in [2.05, 4.69) is 50.4 Å². The highest BCUT2D eigenvalue weighted by molar-refractivity contribution is 7.47. The first-order valence-corrected chi connectivity index (χ1v) is 32.3. The number of nitrogens with one attached hydrogen (secondary N) is 1. The maximum Gasteiger partial charge on any atom is 0.472 e. The number of carbonyl (C=O) groups excluding carboxylic acids is 2. The summed E-state index contributed by atoms with van der Waals surface area (Å²) in [5, 5.41) is 3.04. The quantitative estimate of drug-likeness (QED) is 0.0205. The van der Waals surface area contributed by atoms with Gasteiger partial charge in [0.15, 0.2) is 0 Å². The zero-order chi connectivity index (χ0) is 52.9. The van der Waals surface area contributed by atoms with Crippen molar-refractivity contribution in [3.8, 4) is 0 Å². The van der Waals surface area contributed by atoms with Crippen LogP contribution >= 0.6 is 7.82 Å². The van der Waals surface area contributed by atoms with Gasteiger partial charge in [0, 0.05) is 12.8 Å². The van der Waals surface area contributed by atoms with Gasteiger partial charge in [-0.25, -0.2) is 4.57 Å². The van der Waals surface area contributed by atoms with Gasteiger partial charge in [-0.3, -0.25) is 18.6 Å². The second kappa shape index (κ2) is 52.7. The Morgan fingerprint density at radius 2 is 0.806 bits per heavy atom. The largest absolute Gasteiger partial charge is 0.472 e. The number of likely N-dealkylation sites (N-methyl/N-ethyl adjacent to an activating group) is 1. The van der Waals surface area contributed by atoms with Gasteiger partial charge in [-0.15, -0.1) is 0 Å². The fraction of sp³-hybridized carbons (Fsp3) is 0.871. The van der Waals surface area contributed by atoms with Crippen LogP contribution in [-0.4, -0.2) is 74.3 Å². The van der Waals surface area contributed by atoms with Gasteiger partial charge in [-0.05, 0) is 83.1 Å². The molecule has 0 heterocycles. The molecule has 0 aliphatic heterocycles. The Balaban J connectivity index is 5.21. The fourth-order valence-electron chi connectivity index (χ4n) is 8.99. The summed E-state index contributed by atoms with van der Waals surface area (Å²) in [5.74, 6) is -0.515. The van der Waals surface area contributed by atoms with Crippen molar-refractivity contribution in [1.82, 2.24) is 5.32 Å². The van der Waals surface area contributed by atoms with Crippen molar-refractivity contribution >= 4 is 19.7 Å². The normalized spacial score (nSPS) is 13.9. The molecule has 0 spiro atoms. The Morgan fingerprint density at radius 3 is 1.19 bits per heavy atom. The van der Waals surface area contributed by atoms with Crippen LogP contribution in [0.4, 0.5) is 0 Å². The van der Waals surface area contributed by atoms with Gasteiger partial charge in [-0.1, -0.05) is 237 Å². The summed E-state index contributed by atoms with van der Waals surface area (Å²) < 4.78 is 30.6. The molecule has 10 heteroatoms. The molecule has 1 amide bonds. The van der Waals surface area contributed by atoms with Crippen molar-refractivity contribution in [3.63, 3.8) is 0 Å². The van der Waals surface area contributed by atoms with E-state index in [0.717, 1.165) is 70.6 Å². The molecule has 0 aromatic heterocycles. The number of hydrogen-bond donors (Lipinski definition) is 2. The highest BCUT2D eigenvalue weighted by Crippen LogP contribution is 2.43. The van der Waals surface area contributed by atoms with Gasteiger partial charge in [0.2, 0.25) is 5.91 Å². The Bertz CT molecular complexity index is 1330. The first kappa shape index (κ1) is 70.2. The van der Waals surface area contributed by atoms with Crippen molar-refractivity contribution in [2.75, 3.05) is 40.9 Å². The third-order valence-corrected chi connectivity index (χ3v) is 14.8. The zero-order valence-corrected chi connectivity index (χ0v) is 49.3. The lowest BCUT2D eigenvalue weighted by molar-refractivity contribution is -0.870. The number of quaternary nitrogens is 1. The molecule has 0 aromatic carbocycles. The van der Waals surface area contributed by atoms with Crippen LogP contribution in [0.25, 0.3) is 0 Å². The molecule has 3 unspecified atom stereocenters. The average Bonchev–Trinajstić information content (AvgIpc) is 3.34. The predicted octanol–water partition coefficient (Wildman–Crippen LogP) is 18.7. The molecular formula is C62H120N2O7P+. The van der Waals surface area contributed by atoms with Crippen molar-refractivity contribution in [2.24, 2.45) is 0 Å². The first-order chi connectivity index (χ1) is 34.9. The van der Waals surface area contributed by atoms with Crippen molar-refractivity contribution in [2.45, 2.75) is 309 Å². The van der Waals surface area contributed by atoms with E-state index in [0.29, 0.717) is 23.9 Å². The van der Waals surface area contributed by atoms with Gasteiger partial charge >= 0.3 is 13.8 Å². The molecule has 0 saturated carbocycles. The van der Waals surface area contributed by atoms with Crippen LogP contribution < -0.4 is 5.32 Å². The summed E-state index contributed by atoms with van der Waals surface area (Å²) in [5.41, 5.74) is 0. The molecule has 9 nitrogen and oxygen atoms in total. The summed E-state index contributed by atoms with van der Waals surface area (Å²) in [6, 6.07) is -0.852. The monoisotopic (exact) mass is 1040 g/mol. The van der Waals surface area contributed by atoms with Gasteiger partial charge in [0.05, 0.1) is 33.8 Å². The summed E-state index contributed by atoms with van der Waals surface area (Å²) >= 11 is 0. The molecule has 0 aliphatic carbocycles. The molecule has 0 fully saturated rings. The minimum Gasteiger partial charge on any atom is -0.456 e. The van der Waals surface area contributed by atoms with Crippen LogP contribution in [0.5, 0.6) is 0 Å². The number of amides is 1. The lowest BCUT2D eigenvalue weighted by atomic mass is 10.0. The number of allylic oxidation sites excluding steroid dienone is 5. The number of esters is 1. The van der Waals surface area contributed by atoms with E-state index >= 15 is 0 Å². The van der Waals surface area contributed by atoms with E-state index in [1.165, 1.54) is 193 Å². The molecule has 0 saturated heterocycles. The maximum absolute atomic E-state index is 13.5. The minimum absolute atomic E-state index is 0.0391. The molecule has 72 heavy (non-hydrogen) atoms. The number of rotatable bonds is 56. The molecule has 0 bridgehead atoms. The second-order valence-corrected chi connectivity index (χ2v) is 23.7. The molecule has 3 atom stereocenters. The third-order valence-electron chi connectivity index (χ3n) is 13.8. The first-order valence-electron chi connectivity index (χ1n) is 30.8. The van der Waals surface area contributed by atoms with Gasteiger partial charge in [0.25, 0.3) is 0 Å². The molecule has 424 valence electrons. The van der Waals surface area contributed by atoms with Crippen LogP contribution in [0.2, 0.25) is 0 Å². The Kier molecular flexibility index (Phi) is 51.4. The lowest BCUT2D eigenvalue weighted by Crippen LogP contribution is -2.47. The van der Waals surface area contributed by atoms with Crippen LogP contribution in [0.3, 0.4) is 0 Å². The molecule has 2 N–H and O–H groups in total. The maximum atomic E-state index is 13.5. The smallest absolute Gasteiger partial charge is 0.456 e. The Morgan fingerprint density at radius 1 is 0.472 bits per heavy atom. The van der Waals surface area contributed by atoms with Crippen LogP contribution in [0.15, 0.2) is 36.5 Å². The van der Waals surface area contributed by atoms with Crippen molar-refractivity contribution < 1.29 is 37.3 Å². The van der Waals surface area contributed by atoms with E-state index < -0.39 is 20.0 Å². The number of unbranched alkanes of at least 4 members (excludes halogenated alkanes) is 36. The molecule has 0 radical (unpaired) electrons. The molecule has 0 aromatic rings. The zero-order valence-electron chi connectivity index (χ0n) is 48.4. The number of phosphoric ester groups is 1. The van der Waals surface area contributed by atoms with Crippen LogP contribution in [-0.2, 0) is 27.9 Å². The SMILES string of the molecule is CCCCCCCC/C=C\CCCCCC(=O)NC(COP(=O)(O)OCC[N+](C)(C)C)C(/C=C\CCCCCCCCCCCC)OC(=O)CCCCCCCCCCCCC/C=C/CCCCCCCC. The highest BCUT2D eigenvalue weighted by atomic mass is 31.2. The second-order valence-electron chi connectivity index (χ2n) is 22.2. The summed E-state index contributed by atoms with van der Waals surface area (Å²) in [6.45, 7) is 7.01. The summed E-state index contributed by atoms with van der Waals surface area (Å²) in [7, 11) is 1.49. The van der Waals surface area contributed by atoms with E-state index in [1.807, 2.05) is 33.3 Å². The van der Waals surface area contributed by atoms with Gasteiger partial charge < -0.3 is 19.4 Å². The van der Waals surface area contributed by atoms with E-state index in [1.54, 1.807) is 0 Å². The van der Waals surface area contributed by atoms with E-state index in [-0.39, 0.29) is 25.1 Å². The number of hydrogen-bond acceptors (Lipinski definition) is 6. The van der Waals surface area contributed by atoms with Crippen molar-refractivity contribution in [3.05, 3.63) is 36.5 Å². The highest BCUT2D eigenvalue weighted by Gasteiger charge is 2.30. The Labute approximate surface area is 446 Å². The molecule has 0 rings (SSSR count). The Hall–Kier alpha value is -1.77. The number of carbonyl (C=O) groups is 2. The van der Waals surface area contributed by atoms with Crippen molar-refractivity contribution in [1.29, 1.82) is 0 Å². The van der Waals surface area contributed by atoms with E-state index in [4.69, 9.17) is 13.8 Å². The van der Waals surface area contributed by atoms with Crippen LogP contribution in [0, 0.1) is 0 Å².